The van der Waals surface area contributed by atoms with Crippen LogP contribution in [0.5, 0.6) is 0 Å². The van der Waals surface area contributed by atoms with Gasteiger partial charge in [0, 0.05) is 18.8 Å². The Hall–Kier alpha value is -0.860. The van der Waals surface area contributed by atoms with Crippen molar-refractivity contribution in [1.29, 1.82) is 0 Å². The fraction of sp³-hybridized carbons (Fsp3) is 0.778. The zero-order valence-electron chi connectivity index (χ0n) is 7.50. The Morgan fingerprint density at radius 3 is 2.75 bits per heavy atom. The van der Waals surface area contributed by atoms with Crippen LogP contribution in [0.25, 0.3) is 0 Å². The Morgan fingerprint density at radius 2 is 2.33 bits per heavy atom. The van der Waals surface area contributed by atoms with Gasteiger partial charge in [-0.15, -0.1) is 0 Å². The molecule has 0 heterocycles. The van der Waals surface area contributed by atoms with Crippen LogP contribution in [0.1, 0.15) is 33.1 Å². The second-order valence-corrected chi connectivity index (χ2v) is 3.25. The average Bonchev–Trinajstić information content (AvgIpc) is 2.35. The molecule has 3 nitrogen and oxygen atoms in total. The normalized spacial score (nSPS) is 29.0. The van der Waals surface area contributed by atoms with Crippen LogP contribution < -0.4 is 0 Å². The molecule has 0 bridgehead atoms. The Labute approximate surface area is 72.1 Å². The SMILES string of the molecule is CCC(=O)OC1C(=O)CCC1C. The number of Topliss-reactive ketones (excluding diaryl/α,β-unsaturated/α-hetero) is 1. The van der Waals surface area contributed by atoms with Gasteiger partial charge in [0.1, 0.15) is 0 Å². The van der Waals surface area contributed by atoms with Crippen LogP contribution in [0.3, 0.4) is 0 Å². The van der Waals surface area contributed by atoms with Gasteiger partial charge in [-0.3, -0.25) is 9.59 Å². The van der Waals surface area contributed by atoms with Crippen LogP contribution in [-0.4, -0.2) is 17.9 Å². The van der Waals surface area contributed by atoms with Crippen molar-refractivity contribution in [3.63, 3.8) is 0 Å². The number of rotatable bonds is 2. The highest BCUT2D eigenvalue weighted by molar-refractivity contribution is 5.87. The molecule has 0 saturated heterocycles. The van der Waals surface area contributed by atoms with E-state index in [0.717, 1.165) is 6.42 Å². The number of ether oxygens (including phenoxy) is 1. The molecule has 2 unspecified atom stereocenters. The lowest BCUT2D eigenvalue weighted by molar-refractivity contribution is -0.155. The second kappa shape index (κ2) is 3.70. The summed E-state index contributed by atoms with van der Waals surface area (Å²) < 4.78 is 5.00. The van der Waals surface area contributed by atoms with Crippen molar-refractivity contribution in [3.05, 3.63) is 0 Å². The molecule has 0 spiro atoms. The van der Waals surface area contributed by atoms with Crippen LogP contribution in [-0.2, 0) is 14.3 Å². The molecule has 2 atom stereocenters. The summed E-state index contributed by atoms with van der Waals surface area (Å²) in [6, 6.07) is 0. The van der Waals surface area contributed by atoms with E-state index in [4.69, 9.17) is 4.74 Å². The number of carbonyl (C=O) groups is 2. The smallest absolute Gasteiger partial charge is 0.306 e. The fourth-order valence-electron chi connectivity index (χ4n) is 1.39. The van der Waals surface area contributed by atoms with Gasteiger partial charge in [-0.25, -0.2) is 0 Å². The molecule has 0 aromatic carbocycles. The van der Waals surface area contributed by atoms with Crippen molar-refractivity contribution in [3.8, 4) is 0 Å². The third-order valence-corrected chi connectivity index (χ3v) is 2.23. The maximum Gasteiger partial charge on any atom is 0.306 e. The summed E-state index contributed by atoms with van der Waals surface area (Å²) >= 11 is 0. The van der Waals surface area contributed by atoms with Crippen molar-refractivity contribution < 1.29 is 14.3 Å². The Kier molecular flexibility index (Phi) is 2.84. The first-order valence-electron chi connectivity index (χ1n) is 4.37. The standard InChI is InChI=1S/C9H14O3/c1-3-8(11)12-9-6(2)4-5-7(9)10/h6,9H,3-5H2,1-2H3. The van der Waals surface area contributed by atoms with Gasteiger partial charge in [0.15, 0.2) is 11.9 Å². The third-order valence-electron chi connectivity index (χ3n) is 2.23. The lowest BCUT2D eigenvalue weighted by atomic mass is 10.1. The van der Waals surface area contributed by atoms with E-state index >= 15 is 0 Å². The Morgan fingerprint density at radius 1 is 1.67 bits per heavy atom. The molecule has 1 aliphatic rings. The number of ketones is 1. The monoisotopic (exact) mass is 170 g/mol. The van der Waals surface area contributed by atoms with E-state index < -0.39 is 6.10 Å². The molecule has 0 amide bonds. The summed E-state index contributed by atoms with van der Waals surface area (Å²) in [5.41, 5.74) is 0. The highest BCUT2D eigenvalue weighted by atomic mass is 16.5. The molecule has 1 aliphatic carbocycles. The van der Waals surface area contributed by atoms with E-state index in [-0.39, 0.29) is 17.7 Å². The number of carbonyl (C=O) groups excluding carboxylic acids is 2. The Bertz CT molecular complexity index is 198. The van der Waals surface area contributed by atoms with Crippen LogP contribution in [0.4, 0.5) is 0 Å². The fourth-order valence-corrected chi connectivity index (χ4v) is 1.39. The third kappa shape index (κ3) is 1.84. The zero-order valence-corrected chi connectivity index (χ0v) is 7.50. The topological polar surface area (TPSA) is 43.4 Å². The van der Waals surface area contributed by atoms with Gasteiger partial charge in [-0.1, -0.05) is 13.8 Å². The zero-order chi connectivity index (χ0) is 9.14. The van der Waals surface area contributed by atoms with Gasteiger partial charge in [0.2, 0.25) is 0 Å². The predicted octanol–water partition coefficient (Wildman–Crippen LogP) is 1.31. The second-order valence-electron chi connectivity index (χ2n) is 3.25. The molecule has 12 heavy (non-hydrogen) atoms. The van der Waals surface area contributed by atoms with Gasteiger partial charge >= 0.3 is 5.97 Å². The summed E-state index contributed by atoms with van der Waals surface area (Å²) in [5, 5.41) is 0. The van der Waals surface area contributed by atoms with E-state index in [1.54, 1.807) is 6.92 Å². The predicted molar refractivity (Wildman–Crippen MR) is 43.6 cm³/mol. The van der Waals surface area contributed by atoms with Crippen molar-refractivity contribution in [1.82, 2.24) is 0 Å². The van der Waals surface area contributed by atoms with Crippen molar-refractivity contribution in [2.24, 2.45) is 5.92 Å². The van der Waals surface area contributed by atoms with Gasteiger partial charge < -0.3 is 4.74 Å². The lowest BCUT2D eigenvalue weighted by Gasteiger charge is -2.13. The number of hydrogen-bond donors (Lipinski definition) is 0. The van der Waals surface area contributed by atoms with Crippen molar-refractivity contribution in [2.75, 3.05) is 0 Å². The van der Waals surface area contributed by atoms with E-state index in [0.29, 0.717) is 12.8 Å². The van der Waals surface area contributed by atoms with Crippen LogP contribution in [0, 0.1) is 5.92 Å². The van der Waals surface area contributed by atoms with Gasteiger partial charge in [0.05, 0.1) is 0 Å². The highest BCUT2D eigenvalue weighted by Gasteiger charge is 2.34. The van der Waals surface area contributed by atoms with E-state index in [2.05, 4.69) is 0 Å². The summed E-state index contributed by atoms with van der Waals surface area (Å²) in [5.74, 6) is -0.000556. The first-order chi connectivity index (χ1) is 5.65. The maximum absolute atomic E-state index is 11.2. The first kappa shape index (κ1) is 9.23. The first-order valence-corrected chi connectivity index (χ1v) is 4.37. The quantitative estimate of drug-likeness (QED) is 0.587. The number of hydrogen-bond acceptors (Lipinski definition) is 3. The maximum atomic E-state index is 11.2. The lowest BCUT2D eigenvalue weighted by Crippen LogP contribution is -2.26. The molecule has 3 heteroatoms. The van der Waals surface area contributed by atoms with Crippen LogP contribution in [0.15, 0.2) is 0 Å². The molecule has 1 rings (SSSR count). The summed E-state index contributed by atoms with van der Waals surface area (Å²) in [6.07, 6.45) is 1.29. The van der Waals surface area contributed by atoms with Gasteiger partial charge in [-0.05, 0) is 6.42 Å². The van der Waals surface area contributed by atoms with E-state index in [1.165, 1.54) is 0 Å². The summed E-state index contributed by atoms with van der Waals surface area (Å²) in [4.78, 5) is 22.0. The van der Waals surface area contributed by atoms with Crippen molar-refractivity contribution in [2.45, 2.75) is 39.2 Å². The minimum Gasteiger partial charge on any atom is -0.454 e. The van der Waals surface area contributed by atoms with Crippen molar-refractivity contribution >= 4 is 11.8 Å². The molecule has 68 valence electrons. The molecule has 0 radical (unpaired) electrons. The molecular formula is C9H14O3. The molecule has 0 N–H and O–H groups in total. The molecular weight excluding hydrogens is 156 g/mol. The minimum absolute atomic E-state index is 0.0734. The van der Waals surface area contributed by atoms with E-state index in [1.807, 2.05) is 6.92 Å². The molecule has 1 saturated carbocycles. The van der Waals surface area contributed by atoms with Crippen LogP contribution in [0.2, 0.25) is 0 Å². The summed E-state index contributed by atoms with van der Waals surface area (Å²) in [6.45, 7) is 3.67. The molecule has 0 aromatic heterocycles. The largest absolute Gasteiger partial charge is 0.454 e. The highest BCUT2D eigenvalue weighted by Crippen LogP contribution is 2.24. The number of esters is 1. The van der Waals surface area contributed by atoms with Crippen LogP contribution >= 0.6 is 0 Å². The molecule has 1 fully saturated rings. The Balaban J connectivity index is 2.50. The minimum atomic E-state index is -0.461. The van der Waals surface area contributed by atoms with Gasteiger partial charge in [0.25, 0.3) is 0 Å². The summed E-state index contributed by atoms with van der Waals surface area (Å²) in [7, 11) is 0. The molecule has 0 aromatic rings. The van der Waals surface area contributed by atoms with Gasteiger partial charge in [-0.2, -0.15) is 0 Å². The van der Waals surface area contributed by atoms with E-state index in [9.17, 15) is 9.59 Å². The average molecular weight is 170 g/mol. The molecule has 0 aliphatic heterocycles.